The van der Waals surface area contributed by atoms with Gasteiger partial charge in [0, 0.05) is 31.5 Å². The number of rotatable bonds is 3. The SMILES string of the molecule is CC1CN(CCC2CCCCN2C)CCC1=O. The van der Waals surface area contributed by atoms with Gasteiger partial charge in [0.05, 0.1) is 0 Å². The number of ketones is 1. The Morgan fingerprint density at radius 2 is 2.12 bits per heavy atom. The van der Waals surface area contributed by atoms with Crippen LogP contribution in [0.5, 0.6) is 0 Å². The van der Waals surface area contributed by atoms with Crippen molar-refractivity contribution in [1.29, 1.82) is 0 Å². The van der Waals surface area contributed by atoms with Gasteiger partial charge in [0.25, 0.3) is 0 Å². The second kappa shape index (κ2) is 5.96. The van der Waals surface area contributed by atoms with Crippen molar-refractivity contribution in [2.45, 2.75) is 45.1 Å². The topological polar surface area (TPSA) is 23.6 Å². The molecule has 0 saturated carbocycles. The molecule has 0 aromatic carbocycles. The van der Waals surface area contributed by atoms with Crippen molar-refractivity contribution in [3.8, 4) is 0 Å². The number of hydrogen-bond acceptors (Lipinski definition) is 3. The second-order valence-electron chi connectivity index (χ2n) is 5.84. The van der Waals surface area contributed by atoms with E-state index in [0.717, 1.165) is 25.6 Å². The Morgan fingerprint density at radius 1 is 1.29 bits per heavy atom. The first-order chi connectivity index (χ1) is 8.16. The smallest absolute Gasteiger partial charge is 0.138 e. The summed E-state index contributed by atoms with van der Waals surface area (Å²) in [5.74, 6) is 0.712. The molecular weight excluding hydrogens is 212 g/mol. The van der Waals surface area contributed by atoms with E-state index in [-0.39, 0.29) is 5.92 Å². The lowest BCUT2D eigenvalue weighted by molar-refractivity contribution is -0.125. The molecule has 3 heteroatoms. The molecular formula is C14H26N2O. The van der Waals surface area contributed by atoms with E-state index in [1.807, 2.05) is 0 Å². The largest absolute Gasteiger partial charge is 0.303 e. The summed E-state index contributed by atoms with van der Waals surface area (Å²) in [6.45, 7) is 6.47. The fourth-order valence-corrected chi connectivity index (χ4v) is 3.14. The second-order valence-corrected chi connectivity index (χ2v) is 5.84. The molecule has 3 nitrogen and oxygen atoms in total. The Kier molecular flexibility index (Phi) is 4.57. The fourth-order valence-electron chi connectivity index (χ4n) is 3.14. The molecule has 2 aliphatic heterocycles. The van der Waals surface area contributed by atoms with Gasteiger partial charge in [-0.15, -0.1) is 0 Å². The van der Waals surface area contributed by atoms with Crippen molar-refractivity contribution in [2.75, 3.05) is 33.2 Å². The molecule has 0 aromatic rings. The van der Waals surface area contributed by atoms with Crippen molar-refractivity contribution in [3.05, 3.63) is 0 Å². The van der Waals surface area contributed by atoms with Crippen molar-refractivity contribution in [3.63, 3.8) is 0 Å². The highest BCUT2D eigenvalue weighted by Crippen LogP contribution is 2.19. The fraction of sp³-hybridized carbons (Fsp3) is 0.929. The molecule has 98 valence electrons. The quantitative estimate of drug-likeness (QED) is 0.748. The van der Waals surface area contributed by atoms with Crippen molar-refractivity contribution in [2.24, 2.45) is 5.92 Å². The zero-order valence-corrected chi connectivity index (χ0v) is 11.3. The van der Waals surface area contributed by atoms with Gasteiger partial charge in [-0.1, -0.05) is 13.3 Å². The molecule has 17 heavy (non-hydrogen) atoms. The number of piperidine rings is 2. The first-order valence-electron chi connectivity index (χ1n) is 7.12. The molecule has 2 fully saturated rings. The van der Waals surface area contributed by atoms with E-state index >= 15 is 0 Å². The summed E-state index contributed by atoms with van der Waals surface area (Å²) in [6, 6.07) is 0.775. The number of nitrogens with zero attached hydrogens (tertiary/aromatic N) is 2. The summed E-state index contributed by atoms with van der Waals surface area (Å²) in [6.07, 6.45) is 6.16. The van der Waals surface area contributed by atoms with E-state index in [4.69, 9.17) is 0 Å². The lowest BCUT2D eigenvalue weighted by atomic mass is 9.96. The molecule has 0 aromatic heterocycles. The van der Waals surface area contributed by atoms with Crippen LogP contribution >= 0.6 is 0 Å². The molecule has 0 spiro atoms. The average Bonchev–Trinajstić information content (AvgIpc) is 2.32. The van der Waals surface area contributed by atoms with Crippen LogP contribution in [0.4, 0.5) is 0 Å². The summed E-state index contributed by atoms with van der Waals surface area (Å²) in [5.41, 5.74) is 0. The summed E-state index contributed by atoms with van der Waals surface area (Å²) >= 11 is 0. The zero-order valence-electron chi connectivity index (χ0n) is 11.3. The maximum absolute atomic E-state index is 11.5. The van der Waals surface area contributed by atoms with Gasteiger partial charge in [0.15, 0.2) is 0 Å². The highest BCUT2D eigenvalue weighted by molar-refractivity contribution is 5.81. The van der Waals surface area contributed by atoms with Gasteiger partial charge in [-0.2, -0.15) is 0 Å². The monoisotopic (exact) mass is 238 g/mol. The Bertz CT molecular complexity index is 267. The third-order valence-electron chi connectivity index (χ3n) is 4.46. The first kappa shape index (κ1) is 13.0. The van der Waals surface area contributed by atoms with Gasteiger partial charge >= 0.3 is 0 Å². The molecule has 2 heterocycles. The van der Waals surface area contributed by atoms with E-state index in [1.54, 1.807) is 0 Å². The third-order valence-corrected chi connectivity index (χ3v) is 4.46. The third kappa shape index (κ3) is 3.52. The Labute approximate surface area is 105 Å². The van der Waals surface area contributed by atoms with Crippen LogP contribution in [0.15, 0.2) is 0 Å². The summed E-state index contributed by atoms with van der Waals surface area (Å²) in [7, 11) is 2.26. The normalized spacial score (nSPS) is 32.9. The summed E-state index contributed by atoms with van der Waals surface area (Å²) < 4.78 is 0. The Balaban J connectivity index is 1.72. The van der Waals surface area contributed by atoms with Crippen LogP contribution in [0.3, 0.4) is 0 Å². The minimum atomic E-state index is 0.257. The minimum Gasteiger partial charge on any atom is -0.303 e. The van der Waals surface area contributed by atoms with Gasteiger partial charge in [-0.3, -0.25) is 4.79 Å². The van der Waals surface area contributed by atoms with Crippen LogP contribution in [0.25, 0.3) is 0 Å². The van der Waals surface area contributed by atoms with Gasteiger partial charge in [0.2, 0.25) is 0 Å². The molecule has 2 atom stereocenters. The molecule has 0 amide bonds. The Morgan fingerprint density at radius 3 is 2.82 bits per heavy atom. The molecule has 0 bridgehead atoms. The lowest BCUT2D eigenvalue weighted by Crippen LogP contribution is -2.43. The van der Waals surface area contributed by atoms with Crippen LogP contribution in [0.1, 0.15) is 39.0 Å². The molecule has 2 aliphatic rings. The van der Waals surface area contributed by atoms with Crippen molar-refractivity contribution >= 4 is 5.78 Å². The number of likely N-dealkylation sites (tertiary alicyclic amines) is 2. The van der Waals surface area contributed by atoms with E-state index in [1.165, 1.54) is 38.8 Å². The first-order valence-corrected chi connectivity index (χ1v) is 7.12. The Hall–Kier alpha value is -0.410. The molecule has 2 saturated heterocycles. The summed E-state index contributed by atoms with van der Waals surface area (Å²) in [4.78, 5) is 16.5. The number of Topliss-reactive ketones (excluding diaryl/α,β-unsaturated/α-hetero) is 1. The highest BCUT2D eigenvalue weighted by Gasteiger charge is 2.25. The number of carbonyl (C=O) groups excluding carboxylic acids is 1. The van der Waals surface area contributed by atoms with E-state index in [2.05, 4.69) is 23.8 Å². The predicted octanol–water partition coefficient (Wildman–Crippen LogP) is 1.77. The van der Waals surface area contributed by atoms with Crippen molar-refractivity contribution < 1.29 is 4.79 Å². The predicted molar refractivity (Wildman–Crippen MR) is 70.1 cm³/mol. The van der Waals surface area contributed by atoms with Crippen LogP contribution < -0.4 is 0 Å². The van der Waals surface area contributed by atoms with E-state index in [0.29, 0.717) is 5.78 Å². The van der Waals surface area contributed by atoms with Crippen LogP contribution in [-0.4, -0.2) is 54.9 Å². The van der Waals surface area contributed by atoms with E-state index < -0.39 is 0 Å². The molecule has 2 rings (SSSR count). The van der Waals surface area contributed by atoms with Gasteiger partial charge in [-0.25, -0.2) is 0 Å². The lowest BCUT2D eigenvalue weighted by Gasteiger charge is -2.35. The minimum absolute atomic E-state index is 0.257. The average molecular weight is 238 g/mol. The van der Waals surface area contributed by atoms with E-state index in [9.17, 15) is 4.79 Å². The number of hydrogen-bond donors (Lipinski definition) is 0. The van der Waals surface area contributed by atoms with Crippen molar-refractivity contribution in [1.82, 2.24) is 9.80 Å². The molecule has 0 N–H and O–H groups in total. The molecule has 2 unspecified atom stereocenters. The maximum atomic E-state index is 11.5. The van der Waals surface area contributed by atoms with Gasteiger partial charge in [-0.05, 0) is 39.4 Å². The van der Waals surface area contributed by atoms with Crippen LogP contribution in [-0.2, 0) is 4.79 Å². The van der Waals surface area contributed by atoms with Gasteiger partial charge in [0.1, 0.15) is 5.78 Å². The molecule has 0 radical (unpaired) electrons. The zero-order chi connectivity index (χ0) is 12.3. The maximum Gasteiger partial charge on any atom is 0.138 e. The van der Waals surface area contributed by atoms with Gasteiger partial charge < -0.3 is 9.80 Å². The molecule has 0 aliphatic carbocycles. The van der Waals surface area contributed by atoms with Crippen LogP contribution in [0, 0.1) is 5.92 Å². The summed E-state index contributed by atoms with van der Waals surface area (Å²) in [5, 5.41) is 0. The van der Waals surface area contributed by atoms with Crippen LogP contribution in [0.2, 0.25) is 0 Å². The highest BCUT2D eigenvalue weighted by atomic mass is 16.1. The standard InChI is InChI=1S/C14H26N2O/c1-12-11-16(10-7-14(12)17)9-6-13-5-3-4-8-15(13)2/h12-13H,3-11H2,1-2H3. The number of carbonyl (C=O) groups is 1.